The first-order valence-corrected chi connectivity index (χ1v) is 9.89. The largest absolute Gasteiger partial charge is 0.480 e. The van der Waals surface area contributed by atoms with Crippen molar-refractivity contribution in [1.82, 2.24) is 15.2 Å². The second-order valence-corrected chi connectivity index (χ2v) is 8.31. The highest BCUT2D eigenvalue weighted by molar-refractivity contribution is 7.18. The van der Waals surface area contributed by atoms with Crippen LogP contribution in [0.25, 0.3) is 10.2 Å². The van der Waals surface area contributed by atoms with E-state index in [-0.39, 0.29) is 11.9 Å². The number of aliphatic carboxylic acids is 1. The molecule has 1 aliphatic heterocycles. The quantitative estimate of drug-likeness (QED) is 0.835. The van der Waals surface area contributed by atoms with Crippen molar-refractivity contribution in [2.24, 2.45) is 5.92 Å². The van der Waals surface area contributed by atoms with E-state index in [4.69, 9.17) is 4.98 Å². The number of para-hydroxylation sites is 1. The number of aromatic nitrogens is 1. The number of nitrogens with zero attached hydrogens (tertiary/aromatic N) is 2. The number of amides is 2. The molecular formula is C19H25N3O3S. The Bertz CT molecular complexity index is 748. The fourth-order valence-corrected chi connectivity index (χ4v) is 4.46. The van der Waals surface area contributed by atoms with Gasteiger partial charge in [0.25, 0.3) is 0 Å². The molecule has 1 aliphatic rings. The van der Waals surface area contributed by atoms with Crippen LogP contribution in [0.1, 0.15) is 44.0 Å². The zero-order valence-corrected chi connectivity index (χ0v) is 16.0. The molecule has 2 N–H and O–H groups in total. The molecule has 2 heterocycles. The van der Waals surface area contributed by atoms with Crippen molar-refractivity contribution in [2.75, 3.05) is 13.1 Å². The highest BCUT2D eigenvalue weighted by atomic mass is 32.1. The van der Waals surface area contributed by atoms with Gasteiger partial charge in [-0.15, -0.1) is 11.3 Å². The molecule has 7 heteroatoms. The molecule has 1 fully saturated rings. The van der Waals surface area contributed by atoms with Gasteiger partial charge in [-0.3, -0.25) is 0 Å². The molecule has 6 nitrogen and oxygen atoms in total. The number of rotatable bonds is 5. The first kappa shape index (κ1) is 18.6. The van der Waals surface area contributed by atoms with Gasteiger partial charge in [-0.2, -0.15) is 0 Å². The van der Waals surface area contributed by atoms with Crippen LogP contribution in [-0.4, -0.2) is 46.1 Å². The summed E-state index contributed by atoms with van der Waals surface area (Å²) in [5.41, 5.74) is 1.03. The third-order valence-corrected chi connectivity index (χ3v) is 5.94. The minimum absolute atomic E-state index is 0.209. The summed E-state index contributed by atoms with van der Waals surface area (Å²) < 4.78 is 1.20. The number of carboxylic acids is 1. The summed E-state index contributed by atoms with van der Waals surface area (Å²) in [4.78, 5) is 30.2. The minimum atomic E-state index is -0.976. The summed E-state index contributed by atoms with van der Waals surface area (Å²) in [6.07, 6.45) is 2.15. The number of carbonyl (C=O) groups is 2. The van der Waals surface area contributed by atoms with Crippen molar-refractivity contribution in [3.05, 3.63) is 29.3 Å². The topological polar surface area (TPSA) is 82.5 Å². The molecule has 0 radical (unpaired) electrons. The van der Waals surface area contributed by atoms with Crippen molar-refractivity contribution < 1.29 is 14.7 Å². The smallest absolute Gasteiger partial charge is 0.326 e. The molecule has 0 unspecified atom stereocenters. The standard InChI is InChI=1S/C19H25N3O3S/c1-12(2)11-15(18(23)24)21-19(25)22-9-7-13(8-10-22)17-20-14-5-3-4-6-16(14)26-17/h3-6,12-13,15H,7-11H2,1-2H3,(H,21,25)(H,23,24)/t15-/m1/s1. The van der Waals surface area contributed by atoms with E-state index in [9.17, 15) is 14.7 Å². The van der Waals surface area contributed by atoms with Crippen LogP contribution in [0, 0.1) is 5.92 Å². The third kappa shape index (κ3) is 4.33. The Morgan fingerprint density at radius 1 is 1.31 bits per heavy atom. The minimum Gasteiger partial charge on any atom is -0.480 e. The van der Waals surface area contributed by atoms with Gasteiger partial charge in [0.15, 0.2) is 0 Å². The summed E-state index contributed by atoms with van der Waals surface area (Å²) in [7, 11) is 0. The Morgan fingerprint density at radius 2 is 2.00 bits per heavy atom. The van der Waals surface area contributed by atoms with Gasteiger partial charge in [-0.25, -0.2) is 14.6 Å². The second-order valence-electron chi connectivity index (χ2n) is 7.25. The summed E-state index contributed by atoms with van der Waals surface area (Å²) in [5, 5.41) is 13.1. The first-order valence-electron chi connectivity index (χ1n) is 9.07. The Kier molecular flexibility index (Phi) is 5.76. The van der Waals surface area contributed by atoms with Gasteiger partial charge in [-0.1, -0.05) is 26.0 Å². The summed E-state index contributed by atoms with van der Waals surface area (Å²) in [6.45, 7) is 5.15. The Labute approximate surface area is 157 Å². The molecule has 2 amide bonds. The van der Waals surface area contributed by atoms with Gasteiger partial charge in [0.2, 0.25) is 0 Å². The molecule has 0 saturated carbocycles. The van der Waals surface area contributed by atoms with E-state index < -0.39 is 12.0 Å². The number of likely N-dealkylation sites (tertiary alicyclic amines) is 1. The lowest BCUT2D eigenvalue weighted by Crippen LogP contribution is -2.50. The lowest BCUT2D eigenvalue weighted by atomic mass is 9.97. The van der Waals surface area contributed by atoms with E-state index in [0.717, 1.165) is 23.4 Å². The van der Waals surface area contributed by atoms with Gasteiger partial charge in [0, 0.05) is 19.0 Å². The number of carboxylic acid groups (broad SMARTS) is 1. The molecule has 2 aromatic rings. The van der Waals surface area contributed by atoms with Crippen LogP contribution in [0.3, 0.4) is 0 Å². The fraction of sp³-hybridized carbons (Fsp3) is 0.526. The summed E-state index contributed by atoms with van der Waals surface area (Å²) in [6, 6.07) is 7.02. The summed E-state index contributed by atoms with van der Waals surface area (Å²) >= 11 is 1.73. The summed E-state index contributed by atoms with van der Waals surface area (Å²) in [5.74, 6) is -0.403. The van der Waals surface area contributed by atoms with Gasteiger partial charge >= 0.3 is 12.0 Å². The van der Waals surface area contributed by atoms with Crippen molar-refractivity contribution >= 4 is 33.6 Å². The van der Waals surface area contributed by atoms with Crippen molar-refractivity contribution in [3.63, 3.8) is 0 Å². The van der Waals surface area contributed by atoms with Crippen LogP contribution in [0.2, 0.25) is 0 Å². The predicted molar refractivity (Wildman–Crippen MR) is 103 cm³/mol. The number of hydrogen-bond acceptors (Lipinski definition) is 4. The number of urea groups is 1. The lowest BCUT2D eigenvalue weighted by Gasteiger charge is -2.32. The zero-order valence-electron chi connectivity index (χ0n) is 15.1. The molecular weight excluding hydrogens is 350 g/mol. The van der Waals surface area contributed by atoms with Gasteiger partial charge in [0.1, 0.15) is 6.04 Å². The number of carbonyl (C=O) groups excluding carboxylic acids is 1. The maximum absolute atomic E-state index is 12.4. The van der Waals surface area contributed by atoms with Crippen molar-refractivity contribution in [2.45, 2.75) is 45.1 Å². The van der Waals surface area contributed by atoms with Crippen LogP contribution >= 0.6 is 11.3 Å². The van der Waals surface area contributed by atoms with Crippen LogP contribution in [0.4, 0.5) is 4.79 Å². The molecule has 0 aliphatic carbocycles. The molecule has 26 heavy (non-hydrogen) atoms. The number of piperidine rings is 1. The maximum atomic E-state index is 12.4. The Hall–Kier alpha value is -2.15. The number of hydrogen-bond donors (Lipinski definition) is 2. The second kappa shape index (κ2) is 8.03. The fourth-order valence-electron chi connectivity index (χ4n) is 3.33. The van der Waals surface area contributed by atoms with E-state index in [1.165, 1.54) is 4.70 Å². The van der Waals surface area contributed by atoms with E-state index in [0.29, 0.717) is 25.4 Å². The molecule has 0 bridgehead atoms. The number of thiazole rings is 1. The first-order chi connectivity index (χ1) is 12.4. The molecule has 1 saturated heterocycles. The monoisotopic (exact) mass is 375 g/mol. The van der Waals surface area contributed by atoms with E-state index in [1.807, 2.05) is 32.0 Å². The highest BCUT2D eigenvalue weighted by Crippen LogP contribution is 2.33. The lowest BCUT2D eigenvalue weighted by molar-refractivity contribution is -0.139. The maximum Gasteiger partial charge on any atom is 0.326 e. The van der Waals surface area contributed by atoms with E-state index in [1.54, 1.807) is 16.2 Å². The van der Waals surface area contributed by atoms with Crippen LogP contribution in [-0.2, 0) is 4.79 Å². The molecule has 3 rings (SSSR count). The predicted octanol–water partition coefficient (Wildman–Crippen LogP) is 3.68. The van der Waals surface area contributed by atoms with Crippen LogP contribution < -0.4 is 5.32 Å². The molecule has 1 aromatic carbocycles. The molecule has 1 aromatic heterocycles. The Morgan fingerprint density at radius 3 is 2.62 bits per heavy atom. The number of fused-ring (bicyclic) bond motifs is 1. The molecule has 0 spiro atoms. The van der Waals surface area contributed by atoms with E-state index >= 15 is 0 Å². The van der Waals surface area contributed by atoms with E-state index in [2.05, 4.69) is 11.4 Å². The average molecular weight is 375 g/mol. The third-order valence-electron chi connectivity index (χ3n) is 4.74. The van der Waals surface area contributed by atoms with Crippen molar-refractivity contribution in [3.8, 4) is 0 Å². The normalized spacial score (nSPS) is 16.8. The van der Waals surface area contributed by atoms with Crippen LogP contribution in [0.5, 0.6) is 0 Å². The van der Waals surface area contributed by atoms with Gasteiger partial charge < -0.3 is 15.3 Å². The number of nitrogens with one attached hydrogen (secondary N) is 1. The van der Waals surface area contributed by atoms with Gasteiger partial charge in [0.05, 0.1) is 15.2 Å². The van der Waals surface area contributed by atoms with Crippen molar-refractivity contribution in [1.29, 1.82) is 0 Å². The average Bonchev–Trinajstić information content (AvgIpc) is 3.05. The highest BCUT2D eigenvalue weighted by Gasteiger charge is 2.28. The molecule has 140 valence electrons. The zero-order chi connectivity index (χ0) is 18.7. The van der Waals surface area contributed by atoms with Crippen LogP contribution in [0.15, 0.2) is 24.3 Å². The number of benzene rings is 1. The van der Waals surface area contributed by atoms with Gasteiger partial charge in [-0.05, 0) is 37.3 Å². The SMILES string of the molecule is CC(C)C[C@@H](NC(=O)N1CCC(c2nc3ccccc3s2)CC1)C(=O)O. The Balaban J connectivity index is 1.57. The molecule has 1 atom stereocenters.